The number of nitrogens with zero attached hydrogens (tertiary/aromatic N) is 2. The van der Waals surface area contributed by atoms with E-state index in [-0.39, 0.29) is 6.61 Å². The number of rotatable bonds is 6. The average molecular weight is 262 g/mol. The van der Waals surface area contributed by atoms with Crippen LogP contribution in [0.1, 0.15) is 18.3 Å². The van der Waals surface area contributed by atoms with Gasteiger partial charge in [-0.3, -0.25) is 0 Å². The molecule has 0 saturated carbocycles. The number of aromatic nitrogens is 2. The van der Waals surface area contributed by atoms with Gasteiger partial charge in [0.25, 0.3) is 0 Å². The fourth-order valence-electron chi connectivity index (χ4n) is 1.79. The van der Waals surface area contributed by atoms with Gasteiger partial charge in [0.15, 0.2) is 11.5 Å². The lowest BCUT2D eigenvalue weighted by atomic mass is 10.2. The van der Waals surface area contributed by atoms with Crippen LogP contribution < -0.4 is 9.47 Å². The zero-order valence-corrected chi connectivity index (χ0v) is 11.2. The first-order chi connectivity index (χ1) is 9.26. The number of aliphatic hydroxyl groups excluding tert-OH is 1. The first-order valence-corrected chi connectivity index (χ1v) is 6.20. The van der Waals surface area contributed by atoms with E-state index in [0.29, 0.717) is 30.3 Å². The Morgan fingerprint density at radius 3 is 2.79 bits per heavy atom. The van der Waals surface area contributed by atoms with Gasteiger partial charge in [-0.1, -0.05) is 12.1 Å². The lowest BCUT2D eigenvalue weighted by Crippen LogP contribution is -2.06. The summed E-state index contributed by atoms with van der Waals surface area (Å²) in [7, 11) is 1.91. The molecule has 0 fully saturated rings. The molecule has 102 valence electrons. The number of benzene rings is 1. The second kappa shape index (κ2) is 6.24. The summed E-state index contributed by atoms with van der Waals surface area (Å²) >= 11 is 0. The van der Waals surface area contributed by atoms with Gasteiger partial charge in [0.1, 0.15) is 12.4 Å². The van der Waals surface area contributed by atoms with Crippen LogP contribution in [0.4, 0.5) is 0 Å². The van der Waals surface area contributed by atoms with E-state index in [0.717, 1.165) is 5.82 Å². The van der Waals surface area contributed by atoms with Crippen molar-refractivity contribution < 1.29 is 14.6 Å². The molecule has 0 spiro atoms. The molecule has 1 N–H and O–H groups in total. The number of aryl methyl sites for hydroxylation is 1. The van der Waals surface area contributed by atoms with E-state index in [1.807, 2.05) is 42.9 Å². The molecule has 0 saturated heterocycles. The summed E-state index contributed by atoms with van der Waals surface area (Å²) in [6.07, 6.45) is 3.58. The molecule has 1 aromatic heterocycles. The highest BCUT2D eigenvalue weighted by Crippen LogP contribution is 2.32. The Morgan fingerprint density at radius 1 is 1.32 bits per heavy atom. The Labute approximate surface area is 112 Å². The zero-order chi connectivity index (χ0) is 13.7. The SMILES string of the molecule is CCOc1cccc(CO)c1OCc1nccn1C. The smallest absolute Gasteiger partial charge is 0.167 e. The average Bonchev–Trinajstić information content (AvgIpc) is 2.83. The molecule has 19 heavy (non-hydrogen) atoms. The van der Waals surface area contributed by atoms with Crippen LogP contribution in [-0.4, -0.2) is 21.3 Å². The minimum atomic E-state index is -0.0865. The van der Waals surface area contributed by atoms with E-state index < -0.39 is 0 Å². The molecule has 0 aliphatic carbocycles. The summed E-state index contributed by atoms with van der Waals surface area (Å²) in [4.78, 5) is 4.20. The van der Waals surface area contributed by atoms with Gasteiger partial charge < -0.3 is 19.1 Å². The Balaban J connectivity index is 2.20. The molecule has 2 aromatic rings. The van der Waals surface area contributed by atoms with E-state index in [9.17, 15) is 5.11 Å². The molecule has 2 rings (SSSR count). The number of aliphatic hydroxyl groups is 1. The number of hydrogen-bond donors (Lipinski definition) is 1. The van der Waals surface area contributed by atoms with Crippen LogP contribution in [0.2, 0.25) is 0 Å². The standard InChI is InChI=1S/C14H18N2O3/c1-3-18-12-6-4-5-11(9-17)14(12)19-10-13-15-7-8-16(13)2/h4-8,17H,3,9-10H2,1-2H3. The summed E-state index contributed by atoms with van der Waals surface area (Å²) in [5, 5.41) is 9.37. The van der Waals surface area contributed by atoms with E-state index in [1.54, 1.807) is 6.20 Å². The highest BCUT2D eigenvalue weighted by Gasteiger charge is 2.11. The van der Waals surface area contributed by atoms with Gasteiger partial charge in [0.2, 0.25) is 0 Å². The van der Waals surface area contributed by atoms with Crippen molar-refractivity contribution in [1.29, 1.82) is 0 Å². The Hall–Kier alpha value is -2.01. The number of para-hydroxylation sites is 1. The quantitative estimate of drug-likeness (QED) is 0.863. The molecule has 0 amide bonds. The third-order valence-corrected chi connectivity index (χ3v) is 2.80. The van der Waals surface area contributed by atoms with Crippen LogP contribution in [-0.2, 0) is 20.3 Å². The van der Waals surface area contributed by atoms with Crippen LogP contribution in [0.5, 0.6) is 11.5 Å². The van der Waals surface area contributed by atoms with Crippen molar-refractivity contribution in [3.63, 3.8) is 0 Å². The van der Waals surface area contributed by atoms with E-state index >= 15 is 0 Å². The number of hydrogen-bond acceptors (Lipinski definition) is 4. The van der Waals surface area contributed by atoms with Gasteiger partial charge in [-0.25, -0.2) is 4.98 Å². The van der Waals surface area contributed by atoms with Gasteiger partial charge in [0, 0.05) is 25.0 Å². The molecule has 1 heterocycles. The molecule has 0 bridgehead atoms. The van der Waals surface area contributed by atoms with Crippen molar-refractivity contribution in [3.8, 4) is 11.5 Å². The molecule has 0 radical (unpaired) electrons. The lowest BCUT2D eigenvalue weighted by Gasteiger charge is -2.14. The summed E-state index contributed by atoms with van der Waals surface area (Å²) in [6, 6.07) is 5.48. The summed E-state index contributed by atoms with van der Waals surface area (Å²) < 4.78 is 13.2. The lowest BCUT2D eigenvalue weighted by molar-refractivity contribution is 0.238. The summed E-state index contributed by atoms with van der Waals surface area (Å²) in [5.41, 5.74) is 0.708. The third kappa shape index (κ3) is 3.06. The van der Waals surface area contributed by atoms with Crippen molar-refractivity contribution in [1.82, 2.24) is 9.55 Å². The highest BCUT2D eigenvalue weighted by atomic mass is 16.5. The van der Waals surface area contributed by atoms with Gasteiger partial charge in [-0.15, -0.1) is 0 Å². The maximum absolute atomic E-state index is 9.37. The molecule has 0 aliphatic rings. The Morgan fingerprint density at radius 2 is 2.16 bits per heavy atom. The van der Waals surface area contributed by atoms with Crippen molar-refractivity contribution >= 4 is 0 Å². The molecule has 1 aromatic carbocycles. The molecular formula is C14H18N2O3. The van der Waals surface area contributed by atoms with Crippen molar-refractivity contribution in [2.24, 2.45) is 7.05 Å². The Bertz CT molecular complexity index is 537. The monoisotopic (exact) mass is 262 g/mol. The van der Waals surface area contributed by atoms with Crippen molar-refractivity contribution in [2.45, 2.75) is 20.1 Å². The predicted octanol–water partition coefficient (Wildman–Crippen LogP) is 1.89. The molecule has 5 nitrogen and oxygen atoms in total. The van der Waals surface area contributed by atoms with Crippen LogP contribution in [0, 0.1) is 0 Å². The van der Waals surface area contributed by atoms with Gasteiger partial charge >= 0.3 is 0 Å². The van der Waals surface area contributed by atoms with E-state index in [4.69, 9.17) is 9.47 Å². The molecule has 5 heteroatoms. The van der Waals surface area contributed by atoms with Crippen LogP contribution >= 0.6 is 0 Å². The summed E-state index contributed by atoms with van der Waals surface area (Å²) in [5.74, 6) is 2.04. The summed E-state index contributed by atoms with van der Waals surface area (Å²) in [6.45, 7) is 2.71. The topological polar surface area (TPSA) is 56.5 Å². The predicted molar refractivity (Wildman–Crippen MR) is 71.1 cm³/mol. The number of imidazole rings is 1. The Kier molecular flexibility index (Phi) is 4.41. The van der Waals surface area contributed by atoms with Gasteiger partial charge in [0.05, 0.1) is 13.2 Å². The minimum Gasteiger partial charge on any atom is -0.490 e. The minimum absolute atomic E-state index is 0.0865. The van der Waals surface area contributed by atoms with E-state index in [1.165, 1.54) is 0 Å². The van der Waals surface area contributed by atoms with Crippen molar-refractivity contribution in [2.75, 3.05) is 6.61 Å². The first kappa shape index (κ1) is 13.4. The van der Waals surface area contributed by atoms with Gasteiger partial charge in [-0.05, 0) is 13.0 Å². The molecule has 0 unspecified atom stereocenters. The fraction of sp³-hybridized carbons (Fsp3) is 0.357. The largest absolute Gasteiger partial charge is 0.490 e. The molecule has 0 atom stereocenters. The van der Waals surface area contributed by atoms with Gasteiger partial charge in [-0.2, -0.15) is 0 Å². The molecule has 0 aliphatic heterocycles. The maximum atomic E-state index is 9.37. The normalized spacial score (nSPS) is 10.5. The van der Waals surface area contributed by atoms with E-state index in [2.05, 4.69) is 4.98 Å². The third-order valence-electron chi connectivity index (χ3n) is 2.80. The van der Waals surface area contributed by atoms with Crippen LogP contribution in [0.15, 0.2) is 30.6 Å². The number of ether oxygens (including phenoxy) is 2. The first-order valence-electron chi connectivity index (χ1n) is 6.20. The van der Waals surface area contributed by atoms with Crippen LogP contribution in [0.3, 0.4) is 0 Å². The zero-order valence-electron chi connectivity index (χ0n) is 11.2. The second-order valence-corrected chi connectivity index (χ2v) is 4.08. The highest BCUT2D eigenvalue weighted by molar-refractivity contribution is 5.46. The molecular weight excluding hydrogens is 244 g/mol. The van der Waals surface area contributed by atoms with Crippen LogP contribution in [0.25, 0.3) is 0 Å². The van der Waals surface area contributed by atoms with Crippen molar-refractivity contribution in [3.05, 3.63) is 42.0 Å². The maximum Gasteiger partial charge on any atom is 0.167 e. The second-order valence-electron chi connectivity index (χ2n) is 4.08. The fourth-order valence-corrected chi connectivity index (χ4v) is 1.79.